The maximum atomic E-state index is 13.2. The zero-order chi connectivity index (χ0) is 21.4. The van der Waals surface area contributed by atoms with E-state index in [0.717, 1.165) is 53.5 Å². The highest BCUT2D eigenvalue weighted by Gasteiger charge is 2.23. The molecular formula is C24H27N5OS. The van der Waals surface area contributed by atoms with E-state index in [1.165, 1.54) is 4.70 Å². The second-order valence-electron chi connectivity index (χ2n) is 8.17. The summed E-state index contributed by atoms with van der Waals surface area (Å²) in [5, 5.41) is 4.75. The lowest BCUT2D eigenvalue weighted by Gasteiger charge is -2.33. The quantitative estimate of drug-likeness (QED) is 0.519. The van der Waals surface area contributed by atoms with Crippen LogP contribution in [0.3, 0.4) is 0 Å². The van der Waals surface area contributed by atoms with Crippen LogP contribution >= 0.6 is 11.3 Å². The number of aromatic nitrogens is 3. The molecule has 0 aliphatic carbocycles. The first-order valence-electron chi connectivity index (χ1n) is 10.8. The number of rotatable bonds is 5. The summed E-state index contributed by atoms with van der Waals surface area (Å²) in [6, 6.07) is 18.5. The lowest BCUT2D eigenvalue weighted by atomic mass is 10.1. The number of piperidine rings is 1. The van der Waals surface area contributed by atoms with E-state index in [0.29, 0.717) is 12.6 Å². The molecule has 2 aromatic heterocycles. The molecule has 6 nitrogen and oxygen atoms in total. The third kappa shape index (κ3) is 3.79. The lowest BCUT2D eigenvalue weighted by molar-refractivity contribution is 0.420. The van der Waals surface area contributed by atoms with Crippen molar-refractivity contribution in [3.63, 3.8) is 0 Å². The van der Waals surface area contributed by atoms with Gasteiger partial charge in [0.1, 0.15) is 0 Å². The van der Waals surface area contributed by atoms with Crippen LogP contribution in [0.5, 0.6) is 0 Å². The van der Waals surface area contributed by atoms with Gasteiger partial charge in [0.25, 0.3) is 5.56 Å². The van der Waals surface area contributed by atoms with Gasteiger partial charge < -0.3 is 10.2 Å². The van der Waals surface area contributed by atoms with Crippen molar-refractivity contribution < 1.29 is 0 Å². The van der Waals surface area contributed by atoms with Gasteiger partial charge in [-0.05, 0) is 44.0 Å². The SMILES string of the molecule is Cc1c(CNC2CCCN(c3nc4ccccc4s3)C2)c(=O)n(-c2ccccc2)n1C. The molecule has 2 aromatic carbocycles. The first-order valence-corrected chi connectivity index (χ1v) is 11.6. The van der Waals surface area contributed by atoms with E-state index in [1.54, 1.807) is 16.0 Å². The van der Waals surface area contributed by atoms with Gasteiger partial charge in [0, 0.05) is 38.4 Å². The van der Waals surface area contributed by atoms with Gasteiger partial charge in [-0.2, -0.15) is 0 Å². The van der Waals surface area contributed by atoms with E-state index >= 15 is 0 Å². The zero-order valence-corrected chi connectivity index (χ0v) is 18.7. The van der Waals surface area contributed by atoms with E-state index in [9.17, 15) is 4.79 Å². The Bertz CT molecular complexity index is 1220. The van der Waals surface area contributed by atoms with Crippen LogP contribution in [-0.4, -0.2) is 33.5 Å². The second kappa shape index (κ2) is 8.32. The third-order valence-electron chi connectivity index (χ3n) is 6.22. The molecule has 0 spiro atoms. The average Bonchev–Trinajstić information content (AvgIpc) is 3.32. The first-order chi connectivity index (χ1) is 15.1. The van der Waals surface area contributed by atoms with Crippen LogP contribution in [0.15, 0.2) is 59.4 Å². The first kappa shape index (κ1) is 20.0. The fourth-order valence-electron chi connectivity index (χ4n) is 4.39. The number of anilines is 1. The molecule has 1 saturated heterocycles. The fraction of sp³-hybridized carbons (Fsp3) is 0.333. The Hall–Kier alpha value is -2.90. The molecule has 7 heteroatoms. The Morgan fingerprint density at radius 3 is 2.71 bits per heavy atom. The highest BCUT2D eigenvalue weighted by Crippen LogP contribution is 2.30. The Labute approximate surface area is 185 Å². The predicted molar refractivity (Wildman–Crippen MR) is 127 cm³/mol. The molecule has 160 valence electrons. The minimum Gasteiger partial charge on any atom is -0.347 e. The summed E-state index contributed by atoms with van der Waals surface area (Å²) < 4.78 is 4.93. The Balaban J connectivity index is 1.31. The topological polar surface area (TPSA) is 55.1 Å². The van der Waals surface area contributed by atoms with Gasteiger partial charge in [-0.3, -0.25) is 9.48 Å². The van der Waals surface area contributed by atoms with Gasteiger partial charge in [0.05, 0.1) is 21.5 Å². The molecular weight excluding hydrogens is 406 g/mol. The maximum absolute atomic E-state index is 13.2. The molecule has 31 heavy (non-hydrogen) atoms. The summed E-state index contributed by atoms with van der Waals surface area (Å²) in [5.41, 5.74) is 3.85. The molecule has 0 radical (unpaired) electrons. The van der Waals surface area contributed by atoms with Crippen molar-refractivity contribution in [2.75, 3.05) is 18.0 Å². The van der Waals surface area contributed by atoms with Crippen LogP contribution in [0.2, 0.25) is 0 Å². The molecule has 0 amide bonds. The van der Waals surface area contributed by atoms with Crippen LogP contribution in [0.25, 0.3) is 15.9 Å². The summed E-state index contributed by atoms with van der Waals surface area (Å²) in [7, 11) is 1.95. The molecule has 0 saturated carbocycles. The molecule has 1 aliphatic rings. The molecule has 4 aromatic rings. The largest absolute Gasteiger partial charge is 0.347 e. The van der Waals surface area contributed by atoms with Gasteiger partial charge in [-0.25, -0.2) is 9.67 Å². The number of hydrogen-bond acceptors (Lipinski definition) is 5. The monoisotopic (exact) mass is 433 g/mol. The number of fused-ring (bicyclic) bond motifs is 1. The van der Waals surface area contributed by atoms with Gasteiger partial charge in [-0.15, -0.1) is 0 Å². The maximum Gasteiger partial charge on any atom is 0.276 e. The number of benzene rings is 2. The van der Waals surface area contributed by atoms with Gasteiger partial charge >= 0.3 is 0 Å². The van der Waals surface area contributed by atoms with Crippen molar-refractivity contribution in [1.82, 2.24) is 19.7 Å². The minimum atomic E-state index is 0.0533. The van der Waals surface area contributed by atoms with Crippen LogP contribution in [-0.2, 0) is 13.6 Å². The molecule has 1 unspecified atom stereocenters. The molecule has 3 heterocycles. The highest BCUT2D eigenvalue weighted by atomic mass is 32.1. The third-order valence-corrected chi connectivity index (χ3v) is 7.31. The van der Waals surface area contributed by atoms with Crippen LogP contribution < -0.4 is 15.8 Å². The smallest absolute Gasteiger partial charge is 0.276 e. The van der Waals surface area contributed by atoms with Crippen molar-refractivity contribution >= 4 is 26.7 Å². The Morgan fingerprint density at radius 2 is 1.90 bits per heavy atom. The zero-order valence-electron chi connectivity index (χ0n) is 17.9. The minimum absolute atomic E-state index is 0.0533. The van der Waals surface area contributed by atoms with Crippen molar-refractivity contribution in [3.05, 3.63) is 76.2 Å². The standard InChI is InChI=1S/C24H27N5OS/c1-17-20(23(30)29(27(17)2)19-10-4-3-5-11-19)15-25-18-9-8-14-28(16-18)24-26-21-12-6-7-13-22(21)31-24/h3-7,10-13,18,25H,8-9,14-16H2,1-2H3. The summed E-state index contributed by atoms with van der Waals surface area (Å²) in [5.74, 6) is 0. The summed E-state index contributed by atoms with van der Waals surface area (Å²) in [6.07, 6.45) is 2.23. The molecule has 1 N–H and O–H groups in total. The second-order valence-corrected chi connectivity index (χ2v) is 9.18. The predicted octanol–water partition coefficient (Wildman–Crippen LogP) is 3.85. The Morgan fingerprint density at radius 1 is 1.13 bits per heavy atom. The van der Waals surface area contributed by atoms with Crippen molar-refractivity contribution in [2.24, 2.45) is 7.05 Å². The van der Waals surface area contributed by atoms with E-state index in [4.69, 9.17) is 4.98 Å². The molecule has 1 atom stereocenters. The van der Waals surface area contributed by atoms with Crippen molar-refractivity contribution in [3.8, 4) is 5.69 Å². The average molecular weight is 434 g/mol. The van der Waals surface area contributed by atoms with Crippen LogP contribution in [0.1, 0.15) is 24.1 Å². The van der Waals surface area contributed by atoms with Crippen LogP contribution in [0.4, 0.5) is 5.13 Å². The van der Waals surface area contributed by atoms with E-state index in [-0.39, 0.29) is 5.56 Å². The molecule has 0 bridgehead atoms. The number of nitrogens with zero attached hydrogens (tertiary/aromatic N) is 4. The lowest BCUT2D eigenvalue weighted by Crippen LogP contribution is -2.46. The van der Waals surface area contributed by atoms with Gasteiger partial charge in [-0.1, -0.05) is 41.7 Å². The summed E-state index contributed by atoms with van der Waals surface area (Å²) in [6.45, 7) is 4.55. The molecule has 1 fully saturated rings. The number of para-hydroxylation sites is 2. The summed E-state index contributed by atoms with van der Waals surface area (Å²) >= 11 is 1.76. The number of thiazole rings is 1. The van der Waals surface area contributed by atoms with Gasteiger partial charge in [0.15, 0.2) is 5.13 Å². The van der Waals surface area contributed by atoms with Crippen molar-refractivity contribution in [1.29, 1.82) is 0 Å². The fourth-order valence-corrected chi connectivity index (χ4v) is 5.39. The van der Waals surface area contributed by atoms with Gasteiger partial charge in [0.2, 0.25) is 0 Å². The molecule has 1 aliphatic heterocycles. The van der Waals surface area contributed by atoms with E-state index in [2.05, 4.69) is 28.4 Å². The number of nitrogens with one attached hydrogen (secondary N) is 1. The summed E-state index contributed by atoms with van der Waals surface area (Å²) in [4.78, 5) is 20.4. The normalized spacial score (nSPS) is 16.8. The highest BCUT2D eigenvalue weighted by molar-refractivity contribution is 7.22. The van der Waals surface area contributed by atoms with Crippen LogP contribution in [0, 0.1) is 6.92 Å². The Kier molecular flexibility index (Phi) is 5.38. The van der Waals surface area contributed by atoms with E-state index in [1.807, 2.05) is 55.1 Å². The van der Waals surface area contributed by atoms with Crippen molar-refractivity contribution in [2.45, 2.75) is 32.4 Å². The number of hydrogen-bond donors (Lipinski definition) is 1. The van der Waals surface area contributed by atoms with E-state index < -0.39 is 0 Å². The molecule has 5 rings (SSSR count).